The maximum atomic E-state index is 13.7. The molecule has 5 nitrogen and oxygen atoms in total. The van der Waals surface area contributed by atoms with Crippen molar-refractivity contribution < 1.29 is 14.0 Å². The number of hydrogen-bond acceptors (Lipinski definition) is 2. The Balaban J connectivity index is 1.43. The average molecular weight is 474 g/mol. The number of anilines is 2. The molecule has 0 unspecified atom stereocenters. The number of nitrogens with one attached hydrogen (secondary N) is 1. The lowest BCUT2D eigenvalue weighted by atomic mass is 10.0. The Morgan fingerprint density at radius 3 is 2.59 bits per heavy atom. The highest BCUT2D eigenvalue weighted by molar-refractivity contribution is 6.34. The molecule has 3 aromatic carbocycles. The minimum atomic E-state index is -0.546. The Kier molecular flexibility index (Phi) is 5.67. The number of carbonyl (C=O) groups is 2. The van der Waals surface area contributed by atoms with E-state index in [1.807, 2.05) is 49.5 Å². The molecular formula is C27H21ClFN3O2. The summed E-state index contributed by atoms with van der Waals surface area (Å²) in [6, 6.07) is 20.6. The van der Waals surface area contributed by atoms with Crippen molar-refractivity contribution in [3.8, 4) is 0 Å². The van der Waals surface area contributed by atoms with E-state index in [2.05, 4.69) is 9.88 Å². The first-order chi connectivity index (χ1) is 16.4. The van der Waals surface area contributed by atoms with Gasteiger partial charge in [-0.1, -0.05) is 29.8 Å². The summed E-state index contributed by atoms with van der Waals surface area (Å²) < 4.78 is 15.7. The van der Waals surface area contributed by atoms with Crippen LogP contribution >= 0.6 is 11.6 Å². The van der Waals surface area contributed by atoms with Crippen molar-refractivity contribution >= 4 is 34.8 Å². The smallest absolute Gasteiger partial charge is 0.258 e. The van der Waals surface area contributed by atoms with Gasteiger partial charge in [-0.15, -0.1) is 0 Å². The van der Waals surface area contributed by atoms with Gasteiger partial charge in [-0.2, -0.15) is 0 Å². The summed E-state index contributed by atoms with van der Waals surface area (Å²) in [6.07, 6.45) is 2.02. The van der Waals surface area contributed by atoms with Crippen molar-refractivity contribution in [1.29, 1.82) is 0 Å². The highest BCUT2D eigenvalue weighted by Gasteiger charge is 2.25. The molecule has 7 heteroatoms. The fraction of sp³-hybridized carbons (Fsp3) is 0.111. The zero-order chi connectivity index (χ0) is 23.8. The third-order valence-electron chi connectivity index (χ3n) is 6.00. The molecule has 0 aliphatic carbocycles. The SMILES string of the molecule is Cc1cc(NC(=O)c2cc(F)ccc2Cl)ccc1C(=O)N1Cc2cccn2Cc2ccccc21. The number of benzene rings is 3. The number of fused-ring (bicyclic) bond motifs is 2. The molecular weight excluding hydrogens is 453 g/mol. The zero-order valence-corrected chi connectivity index (χ0v) is 19.1. The van der Waals surface area contributed by atoms with Crippen LogP contribution in [0.3, 0.4) is 0 Å². The molecule has 5 rings (SSSR count). The Morgan fingerprint density at radius 1 is 0.941 bits per heavy atom. The molecule has 0 saturated carbocycles. The van der Waals surface area contributed by atoms with Crippen molar-refractivity contribution in [2.24, 2.45) is 0 Å². The minimum Gasteiger partial charge on any atom is -0.345 e. The second-order valence-electron chi connectivity index (χ2n) is 8.26. The molecule has 2 heterocycles. The van der Waals surface area contributed by atoms with Crippen molar-refractivity contribution in [2.45, 2.75) is 20.0 Å². The number of aromatic nitrogens is 1. The van der Waals surface area contributed by atoms with Crippen molar-refractivity contribution in [1.82, 2.24) is 4.57 Å². The second-order valence-corrected chi connectivity index (χ2v) is 8.66. The van der Waals surface area contributed by atoms with Crippen LogP contribution in [0.4, 0.5) is 15.8 Å². The van der Waals surface area contributed by atoms with E-state index < -0.39 is 11.7 Å². The fourth-order valence-corrected chi connectivity index (χ4v) is 4.47. The standard InChI is InChI=1S/C27H21ClFN3O2/c1-17-13-20(30-26(33)23-14-19(29)8-11-24(23)28)9-10-22(17)27(34)32-16-21-6-4-12-31(21)15-18-5-2-3-7-25(18)32/h2-14H,15-16H2,1H3,(H,30,33). The quantitative estimate of drug-likeness (QED) is 0.394. The van der Waals surface area contributed by atoms with Gasteiger partial charge in [0.15, 0.2) is 0 Å². The summed E-state index contributed by atoms with van der Waals surface area (Å²) >= 11 is 6.04. The van der Waals surface area contributed by atoms with Crippen LogP contribution in [-0.2, 0) is 13.1 Å². The largest absolute Gasteiger partial charge is 0.345 e. The number of hydrogen-bond donors (Lipinski definition) is 1. The molecule has 0 atom stereocenters. The molecule has 1 aliphatic rings. The normalized spacial score (nSPS) is 12.5. The van der Waals surface area contributed by atoms with E-state index in [0.717, 1.165) is 23.0 Å². The number of nitrogens with zero attached hydrogens (tertiary/aromatic N) is 2. The van der Waals surface area contributed by atoms with E-state index >= 15 is 0 Å². The summed E-state index contributed by atoms with van der Waals surface area (Å²) in [4.78, 5) is 28.1. The number of rotatable bonds is 3. The lowest BCUT2D eigenvalue weighted by molar-refractivity contribution is 0.0983. The number of amides is 2. The van der Waals surface area contributed by atoms with E-state index in [1.54, 1.807) is 23.1 Å². The number of carbonyl (C=O) groups excluding carboxylic acids is 2. The first kappa shape index (κ1) is 21.9. The van der Waals surface area contributed by atoms with Crippen LogP contribution < -0.4 is 10.2 Å². The van der Waals surface area contributed by atoms with Gasteiger partial charge < -0.3 is 14.8 Å². The summed E-state index contributed by atoms with van der Waals surface area (Å²) in [6.45, 7) is 2.98. The molecule has 34 heavy (non-hydrogen) atoms. The van der Waals surface area contributed by atoms with Gasteiger partial charge in [0.2, 0.25) is 0 Å². The van der Waals surface area contributed by atoms with Gasteiger partial charge in [0.05, 0.1) is 17.1 Å². The van der Waals surface area contributed by atoms with Crippen molar-refractivity contribution in [3.63, 3.8) is 0 Å². The molecule has 170 valence electrons. The molecule has 0 radical (unpaired) electrons. The van der Waals surface area contributed by atoms with Crippen LogP contribution in [0, 0.1) is 12.7 Å². The van der Waals surface area contributed by atoms with Crippen molar-refractivity contribution in [3.05, 3.63) is 118 Å². The van der Waals surface area contributed by atoms with Gasteiger partial charge in [0.25, 0.3) is 11.8 Å². The number of aryl methyl sites for hydroxylation is 1. The Morgan fingerprint density at radius 2 is 1.76 bits per heavy atom. The van der Waals surface area contributed by atoms with Crippen LogP contribution in [0.5, 0.6) is 0 Å². The van der Waals surface area contributed by atoms with E-state index in [9.17, 15) is 14.0 Å². The Hall–Kier alpha value is -3.90. The third kappa shape index (κ3) is 4.08. The Bertz CT molecular complexity index is 1430. The Labute approximate surface area is 201 Å². The maximum absolute atomic E-state index is 13.7. The first-order valence-corrected chi connectivity index (χ1v) is 11.2. The van der Waals surface area contributed by atoms with E-state index in [-0.39, 0.29) is 16.5 Å². The summed E-state index contributed by atoms with van der Waals surface area (Å²) in [5.41, 5.74) is 4.79. The molecule has 0 spiro atoms. The molecule has 1 aliphatic heterocycles. The molecule has 2 amide bonds. The van der Waals surface area contributed by atoms with Gasteiger partial charge >= 0.3 is 0 Å². The fourth-order valence-electron chi connectivity index (χ4n) is 4.26. The van der Waals surface area contributed by atoms with Crippen LogP contribution in [0.1, 0.15) is 37.5 Å². The van der Waals surface area contributed by atoms with Crippen LogP contribution in [0.25, 0.3) is 0 Å². The van der Waals surface area contributed by atoms with Gasteiger partial charge in [-0.25, -0.2) is 4.39 Å². The monoisotopic (exact) mass is 473 g/mol. The lowest BCUT2D eigenvalue weighted by Crippen LogP contribution is -2.31. The van der Waals surface area contributed by atoms with Gasteiger partial charge in [-0.05, 0) is 72.6 Å². The summed E-state index contributed by atoms with van der Waals surface area (Å²) in [5, 5.41) is 2.89. The highest BCUT2D eigenvalue weighted by atomic mass is 35.5. The van der Waals surface area contributed by atoms with E-state index in [4.69, 9.17) is 11.6 Å². The summed E-state index contributed by atoms with van der Waals surface area (Å²) in [5.74, 6) is -1.19. The molecule has 0 saturated heterocycles. The third-order valence-corrected chi connectivity index (χ3v) is 6.33. The summed E-state index contributed by atoms with van der Waals surface area (Å²) in [7, 11) is 0. The maximum Gasteiger partial charge on any atom is 0.258 e. The van der Waals surface area contributed by atoms with Gasteiger partial charge in [0, 0.05) is 35.4 Å². The minimum absolute atomic E-state index is 0.0450. The predicted molar refractivity (Wildman–Crippen MR) is 131 cm³/mol. The van der Waals surface area contributed by atoms with Crippen LogP contribution in [0.15, 0.2) is 79.0 Å². The topological polar surface area (TPSA) is 54.3 Å². The second kappa shape index (κ2) is 8.80. The highest BCUT2D eigenvalue weighted by Crippen LogP contribution is 2.30. The molecule has 1 aromatic heterocycles. The molecule has 0 bridgehead atoms. The van der Waals surface area contributed by atoms with E-state index in [0.29, 0.717) is 29.9 Å². The van der Waals surface area contributed by atoms with Gasteiger partial charge in [-0.3, -0.25) is 9.59 Å². The predicted octanol–water partition coefficient (Wildman–Crippen LogP) is 6.05. The lowest BCUT2D eigenvalue weighted by Gasteiger charge is -2.24. The average Bonchev–Trinajstić information content (AvgIpc) is 3.19. The van der Waals surface area contributed by atoms with Crippen LogP contribution in [0.2, 0.25) is 5.02 Å². The number of halogens is 2. The molecule has 4 aromatic rings. The zero-order valence-electron chi connectivity index (χ0n) is 18.4. The molecule has 0 fully saturated rings. The van der Waals surface area contributed by atoms with Crippen LogP contribution in [-0.4, -0.2) is 16.4 Å². The molecule has 1 N–H and O–H groups in total. The van der Waals surface area contributed by atoms with Gasteiger partial charge in [0.1, 0.15) is 5.82 Å². The first-order valence-electron chi connectivity index (χ1n) is 10.8. The van der Waals surface area contributed by atoms with E-state index in [1.165, 1.54) is 12.1 Å². The number of para-hydroxylation sites is 1. The van der Waals surface area contributed by atoms with Crippen molar-refractivity contribution in [2.75, 3.05) is 10.2 Å².